The van der Waals surface area contributed by atoms with Gasteiger partial charge in [0.15, 0.2) is 0 Å². The number of nitrogens with one attached hydrogen (secondary N) is 1. The number of aromatic nitrogens is 2. The van der Waals surface area contributed by atoms with Gasteiger partial charge in [0.2, 0.25) is 0 Å². The number of nitrogens with zero attached hydrogens (tertiary/aromatic N) is 1. The molecule has 2 heterocycles. The molecule has 3 aromatic carbocycles. The van der Waals surface area contributed by atoms with Crippen LogP contribution in [-0.4, -0.2) is 19.5 Å². The van der Waals surface area contributed by atoms with Crippen LogP contribution < -0.4 is 4.57 Å². The van der Waals surface area contributed by atoms with Crippen LogP contribution in [0.3, 0.4) is 0 Å². The predicted molar refractivity (Wildman–Crippen MR) is 102 cm³/mol. The molecule has 0 bridgehead atoms. The molecule has 0 aliphatic heterocycles. The zero-order chi connectivity index (χ0) is 16.3. The van der Waals surface area contributed by atoms with Crippen LogP contribution in [-0.2, 0) is 7.05 Å². The van der Waals surface area contributed by atoms with Gasteiger partial charge >= 0.3 is 146 Å². The van der Waals surface area contributed by atoms with E-state index in [9.17, 15) is 0 Å². The van der Waals surface area contributed by atoms with E-state index < -0.39 is 0 Å². The second-order valence-corrected chi connectivity index (χ2v) is 8.38. The molecular weight excluding hydrogens is 359 g/mol. The SMILES string of the molecule is Cc1ccccc1-c1[se]c2c3[nH]c4ccccc4c3ccc2[n+]1C. The summed E-state index contributed by atoms with van der Waals surface area (Å²) in [6, 6.07) is 21.8. The number of fused-ring (bicyclic) bond motifs is 5. The molecule has 0 fully saturated rings. The number of aryl methyl sites for hydroxylation is 2. The van der Waals surface area contributed by atoms with Crippen molar-refractivity contribution < 1.29 is 4.57 Å². The van der Waals surface area contributed by atoms with Crippen molar-refractivity contribution in [2.24, 2.45) is 7.05 Å². The van der Waals surface area contributed by atoms with Crippen molar-refractivity contribution in [3.8, 4) is 10.1 Å². The van der Waals surface area contributed by atoms with Gasteiger partial charge in [-0.25, -0.2) is 0 Å². The third kappa shape index (κ3) is 1.86. The van der Waals surface area contributed by atoms with Crippen molar-refractivity contribution in [2.45, 2.75) is 6.92 Å². The summed E-state index contributed by atoms with van der Waals surface area (Å²) in [4.78, 5) is 3.66. The summed E-state index contributed by atoms with van der Waals surface area (Å²) in [5.41, 5.74) is 6.60. The van der Waals surface area contributed by atoms with Crippen molar-refractivity contribution in [3.05, 3.63) is 66.2 Å². The molecule has 2 nitrogen and oxygen atoms in total. The third-order valence-corrected chi connectivity index (χ3v) is 7.59. The fourth-order valence-corrected chi connectivity index (χ4v) is 6.38. The summed E-state index contributed by atoms with van der Waals surface area (Å²) >= 11 is 0.302. The number of para-hydroxylation sites is 1. The van der Waals surface area contributed by atoms with Gasteiger partial charge in [0.25, 0.3) is 0 Å². The van der Waals surface area contributed by atoms with Crippen molar-refractivity contribution in [1.29, 1.82) is 0 Å². The molecule has 0 saturated carbocycles. The van der Waals surface area contributed by atoms with Crippen LogP contribution in [0.1, 0.15) is 5.56 Å². The van der Waals surface area contributed by atoms with Crippen LogP contribution in [0.4, 0.5) is 0 Å². The van der Waals surface area contributed by atoms with Crippen LogP contribution in [0, 0.1) is 6.92 Å². The van der Waals surface area contributed by atoms with Gasteiger partial charge in [-0.1, -0.05) is 0 Å². The van der Waals surface area contributed by atoms with Gasteiger partial charge in [-0.2, -0.15) is 0 Å². The Balaban J connectivity index is 1.91. The van der Waals surface area contributed by atoms with Crippen molar-refractivity contribution in [2.75, 3.05) is 0 Å². The van der Waals surface area contributed by atoms with Gasteiger partial charge in [0.05, 0.1) is 0 Å². The van der Waals surface area contributed by atoms with Crippen LogP contribution in [0.25, 0.3) is 41.7 Å². The van der Waals surface area contributed by atoms with Crippen LogP contribution >= 0.6 is 0 Å². The molecule has 5 rings (SSSR count). The Labute approximate surface area is 146 Å². The molecule has 0 amide bonds. The van der Waals surface area contributed by atoms with Crippen molar-refractivity contribution >= 4 is 46.1 Å². The molecule has 5 aromatic rings. The van der Waals surface area contributed by atoms with Crippen LogP contribution in [0.15, 0.2) is 60.7 Å². The molecule has 116 valence electrons. The summed E-state index contributed by atoms with van der Waals surface area (Å²) in [5.74, 6) is 0. The fourth-order valence-electron chi connectivity index (χ4n) is 3.57. The van der Waals surface area contributed by atoms with E-state index in [0.29, 0.717) is 14.5 Å². The van der Waals surface area contributed by atoms with E-state index in [4.69, 9.17) is 0 Å². The monoisotopic (exact) mass is 377 g/mol. The molecule has 1 N–H and O–H groups in total. The number of hydrogen-bond donors (Lipinski definition) is 1. The minimum atomic E-state index is 0.302. The molecule has 0 aliphatic rings. The summed E-state index contributed by atoms with van der Waals surface area (Å²) in [6.45, 7) is 2.20. The number of rotatable bonds is 1. The molecule has 0 unspecified atom stereocenters. The molecule has 0 radical (unpaired) electrons. The van der Waals surface area contributed by atoms with Gasteiger partial charge in [-0.05, 0) is 0 Å². The Morgan fingerprint density at radius 1 is 0.875 bits per heavy atom. The van der Waals surface area contributed by atoms with E-state index in [-0.39, 0.29) is 0 Å². The Kier molecular flexibility index (Phi) is 2.97. The average molecular weight is 376 g/mol. The zero-order valence-electron chi connectivity index (χ0n) is 13.6. The quantitative estimate of drug-likeness (QED) is 0.332. The summed E-state index contributed by atoms with van der Waals surface area (Å²) < 4.78 is 5.29. The molecule has 0 spiro atoms. The van der Waals surface area contributed by atoms with E-state index in [1.165, 1.54) is 47.3 Å². The van der Waals surface area contributed by atoms with Crippen LogP contribution in [0.5, 0.6) is 0 Å². The summed E-state index contributed by atoms with van der Waals surface area (Å²) in [5, 5.41) is 2.66. The Hall–Kier alpha value is -2.35. The molecule has 3 heteroatoms. The van der Waals surface area contributed by atoms with Crippen molar-refractivity contribution in [3.63, 3.8) is 0 Å². The van der Waals surface area contributed by atoms with Gasteiger partial charge in [0, 0.05) is 0 Å². The molecule has 0 atom stereocenters. The summed E-state index contributed by atoms with van der Waals surface area (Å²) in [6.07, 6.45) is 0. The second-order valence-electron chi connectivity index (χ2n) is 6.29. The van der Waals surface area contributed by atoms with Gasteiger partial charge in [-0.3, -0.25) is 0 Å². The standard InChI is InChI=1S/C21H17N2Se/c1-13-7-3-4-8-14(13)21-23(2)18-12-11-16-15-9-5-6-10-17(15)22-19(16)20(18)24-21/h3-12,22H,1-2H3/q+1. The predicted octanol–water partition coefficient (Wildman–Crippen LogP) is 4.33. The number of H-pyrrole nitrogens is 1. The first-order chi connectivity index (χ1) is 11.7. The first-order valence-corrected chi connectivity index (χ1v) is 9.83. The maximum absolute atomic E-state index is 3.66. The first kappa shape index (κ1) is 14.0. The van der Waals surface area contributed by atoms with Gasteiger partial charge < -0.3 is 0 Å². The Bertz CT molecular complexity index is 1230. The van der Waals surface area contributed by atoms with E-state index in [0.717, 1.165) is 0 Å². The number of benzene rings is 3. The zero-order valence-corrected chi connectivity index (χ0v) is 15.3. The third-order valence-electron chi connectivity index (χ3n) is 4.85. The maximum atomic E-state index is 3.66. The van der Waals surface area contributed by atoms with Crippen LogP contribution in [0.2, 0.25) is 0 Å². The van der Waals surface area contributed by atoms with E-state index in [2.05, 4.69) is 84.2 Å². The topological polar surface area (TPSA) is 19.7 Å². The van der Waals surface area contributed by atoms with E-state index in [1.54, 1.807) is 0 Å². The molecular formula is C21H17N2Se+. The molecule has 2 aromatic heterocycles. The molecule has 0 aliphatic carbocycles. The van der Waals surface area contributed by atoms with Gasteiger partial charge in [-0.15, -0.1) is 0 Å². The molecule has 0 saturated heterocycles. The Morgan fingerprint density at radius 3 is 2.54 bits per heavy atom. The Morgan fingerprint density at radius 2 is 1.67 bits per heavy atom. The molecule has 24 heavy (non-hydrogen) atoms. The average Bonchev–Trinajstić information content (AvgIpc) is 3.14. The number of aromatic amines is 1. The normalized spacial score (nSPS) is 11.8. The minimum absolute atomic E-state index is 0.302. The fraction of sp³-hybridized carbons (Fsp3) is 0.0952. The van der Waals surface area contributed by atoms with E-state index in [1.807, 2.05) is 0 Å². The summed E-state index contributed by atoms with van der Waals surface area (Å²) in [7, 11) is 2.20. The van der Waals surface area contributed by atoms with E-state index >= 15 is 0 Å². The van der Waals surface area contributed by atoms with Crippen molar-refractivity contribution in [1.82, 2.24) is 4.98 Å². The van der Waals surface area contributed by atoms with Gasteiger partial charge in [0.1, 0.15) is 0 Å². The first-order valence-electron chi connectivity index (χ1n) is 8.12. The second kappa shape index (κ2) is 5.07. The number of hydrogen-bond acceptors (Lipinski definition) is 0.